The van der Waals surface area contributed by atoms with Gasteiger partial charge in [-0.05, 0) is 42.3 Å². The third-order valence-corrected chi connectivity index (χ3v) is 4.23. The molecule has 1 fully saturated rings. The van der Waals surface area contributed by atoms with E-state index in [0.29, 0.717) is 5.92 Å². The van der Waals surface area contributed by atoms with E-state index in [-0.39, 0.29) is 23.5 Å². The van der Waals surface area contributed by atoms with Gasteiger partial charge in [0.2, 0.25) is 5.76 Å². The van der Waals surface area contributed by atoms with Crippen molar-refractivity contribution in [2.24, 2.45) is 5.92 Å². The van der Waals surface area contributed by atoms with Crippen LogP contribution in [0.15, 0.2) is 34.1 Å². The van der Waals surface area contributed by atoms with Gasteiger partial charge in [-0.2, -0.15) is 0 Å². The molecule has 3 rings (SSSR count). The molecule has 1 saturated carbocycles. The zero-order chi connectivity index (χ0) is 14.1. The molecule has 1 atom stereocenters. The summed E-state index contributed by atoms with van der Waals surface area (Å²) >= 11 is 1.61. The molecule has 2 aromatic heterocycles. The highest BCUT2D eigenvalue weighted by Crippen LogP contribution is 2.42. The monoisotopic (exact) mass is 291 g/mol. The number of carboxylic acid groups (broad SMARTS) is 1. The van der Waals surface area contributed by atoms with E-state index in [1.165, 1.54) is 12.1 Å². The van der Waals surface area contributed by atoms with Crippen molar-refractivity contribution >= 4 is 23.2 Å². The number of nitrogens with one attached hydrogen (secondary N) is 1. The number of rotatable bonds is 5. The third-order valence-electron chi connectivity index (χ3n) is 3.27. The largest absolute Gasteiger partial charge is 0.475 e. The Bertz CT molecular complexity index is 627. The molecule has 1 amide bonds. The summed E-state index contributed by atoms with van der Waals surface area (Å²) in [6.45, 7) is 0. The highest BCUT2D eigenvalue weighted by molar-refractivity contribution is 7.10. The SMILES string of the molecule is O=C(O)c1ccc(C(=O)NC(c2cccs2)C2CC2)o1. The standard InChI is InChI=1S/C14H13NO4S/c16-13(9-5-6-10(19-9)14(17)18)15-12(8-3-4-8)11-2-1-7-20-11/h1-2,5-8,12H,3-4H2,(H,15,16)(H,17,18). The summed E-state index contributed by atoms with van der Waals surface area (Å²) in [6.07, 6.45) is 2.20. The van der Waals surface area contributed by atoms with Crippen molar-refractivity contribution in [3.63, 3.8) is 0 Å². The van der Waals surface area contributed by atoms with Gasteiger partial charge in [-0.3, -0.25) is 4.79 Å². The lowest BCUT2D eigenvalue weighted by Crippen LogP contribution is -2.29. The van der Waals surface area contributed by atoms with Crippen molar-refractivity contribution < 1.29 is 19.1 Å². The molecule has 5 nitrogen and oxygen atoms in total. The predicted octanol–water partition coefficient (Wildman–Crippen LogP) is 2.92. The Hall–Kier alpha value is -2.08. The van der Waals surface area contributed by atoms with E-state index >= 15 is 0 Å². The maximum Gasteiger partial charge on any atom is 0.371 e. The number of carbonyl (C=O) groups excluding carboxylic acids is 1. The molecular formula is C14H13NO4S. The molecule has 0 bridgehead atoms. The van der Waals surface area contributed by atoms with E-state index < -0.39 is 5.97 Å². The molecule has 20 heavy (non-hydrogen) atoms. The van der Waals surface area contributed by atoms with Crippen LogP contribution in [0.4, 0.5) is 0 Å². The molecule has 0 saturated heterocycles. The van der Waals surface area contributed by atoms with Gasteiger partial charge in [0.15, 0.2) is 5.76 Å². The lowest BCUT2D eigenvalue weighted by molar-refractivity contribution is 0.0659. The Morgan fingerprint density at radius 3 is 2.60 bits per heavy atom. The average molecular weight is 291 g/mol. The molecule has 1 aliphatic carbocycles. The quantitative estimate of drug-likeness (QED) is 0.887. The van der Waals surface area contributed by atoms with Crippen LogP contribution in [0.1, 0.15) is 44.9 Å². The predicted molar refractivity (Wildman–Crippen MR) is 72.9 cm³/mol. The van der Waals surface area contributed by atoms with Crippen molar-refractivity contribution in [1.82, 2.24) is 5.32 Å². The van der Waals surface area contributed by atoms with Gasteiger partial charge in [-0.25, -0.2) is 4.79 Å². The van der Waals surface area contributed by atoms with Crippen molar-refractivity contribution in [1.29, 1.82) is 0 Å². The number of furan rings is 1. The van der Waals surface area contributed by atoms with Gasteiger partial charge in [0.25, 0.3) is 5.91 Å². The zero-order valence-electron chi connectivity index (χ0n) is 10.5. The first-order valence-corrected chi connectivity index (χ1v) is 7.20. The molecule has 1 aliphatic rings. The van der Waals surface area contributed by atoms with Crippen LogP contribution in [0.2, 0.25) is 0 Å². The van der Waals surface area contributed by atoms with Crippen LogP contribution in [0.5, 0.6) is 0 Å². The maximum absolute atomic E-state index is 12.1. The van der Waals surface area contributed by atoms with Gasteiger partial charge in [-0.15, -0.1) is 11.3 Å². The number of thiophene rings is 1. The Balaban J connectivity index is 1.74. The fourth-order valence-corrected chi connectivity index (χ4v) is 2.98. The highest BCUT2D eigenvalue weighted by atomic mass is 32.1. The molecule has 104 valence electrons. The van der Waals surface area contributed by atoms with Crippen LogP contribution < -0.4 is 5.32 Å². The topological polar surface area (TPSA) is 79.5 Å². The summed E-state index contributed by atoms with van der Waals surface area (Å²) in [6, 6.07) is 6.61. The number of hydrogen-bond acceptors (Lipinski definition) is 4. The molecule has 2 N–H and O–H groups in total. The smallest absolute Gasteiger partial charge is 0.371 e. The zero-order valence-corrected chi connectivity index (χ0v) is 11.4. The van der Waals surface area contributed by atoms with Gasteiger partial charge in [0, 0.05) is 4.88 Å². The average Bonchev–Trinajstić information content (AvgIpc) is 2.95. The molecular weight excluding hydrogens is 278 g/mol. The summed E-state index contributed by atoms with van der Waals surface area (Å²) in [7, 11) is 0. The van der Waals surface area contributed by atoms with Crippen LogP contribution in [-0.4, -0.2) is 17.0 Å². The maximum atomic E-state index is 12.1. The Morgan fingerprint density at radius 2 is 2.05 bits per heavy atom. The highest BCUT2D eigenvalue weighted by Gasteiger charge is 2.34. The molecule has 0 aromatic carbocycles. The van der Waals surface area contributed by atoms with Gasteiger partial charge in [-0.1, -0.05) is 6.07 Å². The van der Waals surface area contributed by atoms with Crippen molar-refractivity contribution in [3.05, 3.63) is 46.0 Å². The third kappa shape index (κ3) is 2.60. The first-order chi connectivity index (χ1) is 9.65. The number of amides is 1. The summed E-state index contributed by atoms with van der Waals surface area (Å²) in [5.41, 5.74) is 0. The minimum Gasteiger partial charge on any atom is -0.475 e. The molecule has 2 aromatic rings. The van der Waals surface area contributed by atoms with E-state index in [1.807, 2.05) is 17.5 Å². The van der Waals surface area contributed by atoms with Crippen LogP contribution in [-0.2, 0) is 0 Å². The van der Waals surface area contributed by atoms with Crippen LogP contribution in [0.25, 0.3) is 0 Å². The first kappa shape index (κ1) is 12.9. The normalized spacial score (nSPS) is 15.8. The van der Waals surface area contributed by atoms with Gasteiger partial charge in [0.05, 0.1) is 6.04 Å². The molecule has 0 spiro atoms. The number of aromatic carboxylic acids is 1. The lowest BCUT2D eigenvalue weighted by atomic mass is 10.1. The van der Waals surface area contributed by atoms with E-state index in [2.05, 4.69) is 5.32 Å². The number of carboxylic acids is 1. The minimum atomic E-state index is -1.18. The number of hydrogen-bond donors (Lipinski definition) is 2. The molecule has 0 aliphatic heterocycles. The fourth-order valence-electron chi connectivity index (χ4n) is 2.11. The molecule has 1 unspecified atom stereocenters. The summed E-state index contributed by atoms with van der Waals surface area (Å²) in [5, 5.41) is 13.7. The Labute approximate surface area is 119 Å². The molecule has 0 radical (unpaired) electrons. The van der Waals surface area contributed by atoms with Crippen LogP contribution in [0, 0.1) is 5.92 Å². The molecule has 2 heterocycles. The van der Waals surface area contributed by atoms with E-state index in [0.717, 1.165) is 17.7 Å². The van der Waals surface area contributed by atoms with Gasteiger partial charge in [0.1, 0.15) is 0 Å². The van der Waals surface area contributed by atoms with Crippen molar-refractivity contribution in [3.8, 4) is 0 Å². The van der Waals surface area contributed by atoms with Crippen molar-refractivity contribution in [2.75, 3.05) is 0 Å². The fraction of sp³-hybridized carbons (Fsp3) is 0.286. The number of carbonyl (C=O) groups is 2. The second kappa shape index (κ2) is 5.13. The Kier molecular flexibility index (Phi) is 3.31. The summed E-state index contributed by atoms with van der Waals surface area (Å²) in [5.74, 6) is -1.28. The summed E-state index contributed by atoms with van der Waals surface area (Å²) in [4.78, 5) is 24.0. The summed E-state index contributed by atoms with van der Waals surface area (Å²) < 4.78 is 5.02. The lowest BCUT2D eigenvalue weighted by Gasteiger charge is -2.15. The second-order valence-electron chi connectivity index (χ2n) is 4.77. The van der Waals surface area contributed by atoms with E-state index in [4.69, 9.17) is 9.52 Å². The van der Waals surface area contributed by atoms with Gasteiger partial charge >= 0.3 is 5.97 Å². The first-order valence-electron chi connectivity index (χ1n) is 6.32. The molecule has 6 heteroatoms. The van der Waals surface area contributed by atoms with Crippen molar-refractivity contribution in [2.45, 2.75) is 18.9 Å². The van der Waals surface area contributed by atoms with Gasteiger partial charge < -0.3 is 14.8 Å². The minimum absolute atomic E-state index is 0.0131. The Morgan fingerprint density at radius 1 is 1.30 bits per heavy atom. The van der Waals surface area contributed by atoms with Crippen LogP contribution in [0.3, 0.4) is 0 Å². The van der Waals surface area contributed by atoms with E-state index in [1.54, 1.807) is 11.3 Å². The van der Waals surface area contributed by atoms with E-state index in [9.17, 15) is 9.59 Å². The second-order valence-corrected chi connectivity index (χ2v) is 5.75. The van der Waals surface area contributed by atoms with Crippen LogP contribution >= 0.6 is 11.3 Å².